The van der Waals surface area contributed by atoms with Crippen molar-refractivity contribution in [2.24, 2.45) is 0 Å². The number of halogens is 3. The molecule has 3 rings (SSSR count). The molecule has 3 aromatic carbocycles. The van der Waals surface area contributed by atoms with Gasteiger partial charge in [0.05, 0.1) is 5.69 Å². The Morgan fingerprint density at radius 1 is 0.875 bits per heavy atom. The highest BCUT2D eigenvalue weighted by atomic mass is 19.2. The van der Waals surface area contributed by atoms with Crippen LogP contribution >= 0.6 is 0 Å². The normalized spacial score (nSPS) is 10.6. The molecule has 0 radical (unpaired) electrons. The van der Waals surface area contributed by atoms with Crippen LogP contribution in [0, 0.1) is 17.5 Å². The molecule has 0 aromatic heterocycles. The lowest BCUT2D eigenvalue weighted by molar-refractivity contribution is -0.118. The summed E-state index contributed by atoms with van der Waals surface area (Å²) in [5.74, 6) is -3.85. The van der Waals surface area contributed by atoms with Crippen LogP contribution in [0.25, 0.3) is 10.8 Å². The minimum absolute atomic E-state index is 0.370. The van der Waals surface area contributed by atoms with Crippen molar-refractivity contribution in [3.05, 3.63) is 72.0 Å². The number of rotatable bonds is 4. The van der Waals surface area contributed by atoms with E-state index in [9.17, 15) is 18.0 Å². The van der Waals surface area contributed by atoms with Crippen LogP contribution < -0.4 is 10.1 Å². The van der Waals surface area contributed by atoms with Crippen molar-refractivity contribution in [2.75, 3.05) is 11.9 Å². The van der Waals surface area contributed by atoms with Gasteiger partial charge in [-0.1, -0.05) is 30.3 Å². The van der Waals surface area contributed by atoms with Crippen LogP contribution in [0.15, 0.2) is 54.6 Å². The fraction of sp³-hybridized carbons (Fsp3) is 0.0556. The monoisotopic (exact) mass is 331 g/mol. The highest BCUT2D eigenvalue weighted by Crippen LogP contribution is 2.21. The molecule has 3 aromatic rings. The first kappa shape index (κ1) is 15.9. The Balaban J connectivity index is 1.65. The quantitative estimate of drug-likeness (QED) is 0.725. The second-order valence-corrected chi connectivity index (χ2v) is 5.09. The first-order chi connectivity index (χ1) is 11.5. The molecule has 122 valence electrons. The number of carbonyl (C=O) groups excluding carboxylic acids is 1. The van der Waals surface area contributed by atoms with Gasteiger partial charge in [0.25, 0.3) is 5.91 Å². The Kier molecular flexibility index (Phi) is 4.37. The van der Waals surface area contributed by atoms with Crippen LogP contribution in [0.4, 0.5) is 18.9 Å². The number of benzene rings is 3. The van der Waals surface area contributed by atoms with Gasteiger partial charge in [-0.15, -0.1) is 0 Å². The molecule has 0 saturated heterocycles. The summed E-state index contributed by atoms with van der Waals surface area (Å²) in [6.07, 6.45) is 0. The van der Waals surface area contributed by atoms with Crippen molar-refractivity contribution in [1.82, 2.24) is 0 Å². The van der Waals surface area contributed by atoms with E-state index in [2.05, 4.69) is 5.32 Å². The van der Waals surface area contributed by atoms with E-state index in [1.165, 1.54) is 0 Å². The summed E-state index contributed by atoms with van der Waals surface area (Å²) >= 11 is 0. The molecule has 0 aliphatic carbocycles. The average Bonchev–Trinajstić information content (AvgIpc) is 2.57. The number of carbonyl (C=O) groups is 1. The van der Waals surface area contributed by atoms with Gasteiger partial charge in [0.15, 0.2) is 18.2 Å². The van der Waals surface area contributed by atoms with Crippen molar-refractivity contribution in [3.8, 4) is 5.75 Å². The van der Waals surface area contributed by atoms with Gasteiger partial charge in [-0.05, 0) is 22.9 Å². The number of amides is 1. The van der Waals surface area contributed by atoms with Crippen LogP contribution in [0.1, 0.15) is 0 Å². The van der Waals surface area contributed by atoms with Gasteiger partial charge >= 0.3 is 0 Å². The van der Waals surface area contributed by atoms with Gasteiger partial charge in [0, 0.05) is 12.1 Å². The van der Waals surface area contributed by atoms with E-state index in [4.69, 9.17) is 4.74 Å². The SMILES string of the molecule is O=C(COc1ccc2ccccc2c1)Nc1cc(F)c(F)cc1F. The van der Waals surface area contributed by atoms with Crippen molar-refractivity contribution in [2.45, 2.75) is 0 Å². The maximum absolute atomic E-state index is 13.5. The standard InChI is InChI=1S/C18H12F3NO2/c19-14-8-16(21)17(9-15(14)20)22-18(23)10-24-13-6-5-11-3-1-2-4-12(11)7-13/h1-9H,10H2,(H,22,23). The van der Waals surface area contributed by atoms with Gasteiger partial charge in [-0.3, -0.25) is 4.79 Å². The first-order valence-electron chi connectivity index (χ1n) is 7.09. The minimum atomic E-state index is -1.32. The maximum atomic E-state index is 13.5. The first-order valence-corrected chi connectivity index (χ1v) is 7.09. The zero-order valence-corrected chi connectivity index (χ0v) is 12.4. The third kappa shape index (κ3) is 3.48. The Morgan fingerprint density at radius 2 is 1.58 bits per heavy atom. The molecule has 0 aliphatic rings. The van der Waals surface area contributed by atoms with E-state index >= 15 is 0 Å². The summed E-state index contributed by atoms with van der Waals surface area (Å²) in [7, 11) is 0. The fourth-order valence-electron chi connectivity index (χ4n) is 2.21. The second-order valence-electron chi connectivity index (χ2n) is 5.09. The predicted molar refractivity (Wildman–Crippen MR) is 84.4 cm³/mol. The Bertz CT molecular complexity index is 912. The van der Waals surface area contributed by atoms with E-state index in [0.29, 0.717) is 17.9 Å². The summed E-state index contributed by atoms with van der Waals surface area (Å²) in [5, 5.41) is 4.11. The van der Waals surface area contributed by atoms with E-state index in [1.54, 1.807) is 12.1 Å². The van der Waals surface area contributed by atoms with Crippen molar-refractivity contribution < 1.29 is 22.7 Å². The molecule has 1 amide bonds. The van der Waals surface area contributed by atoms with Gasteiger partial charge in [0.1, 0.15) is 11.6 Å². The summed E-state index contributed by atoms with van der Waals surface area (Å²) in [4.78, 5) is 11.8. The number of fused-ring (bicyclic) bond motifs is 1. The van der Waals surface area contributed by atoms with Crippen LogP contribution in [-0.4, -0.2) is 12.5 Å². The molecule has 0 heterocycles. The largest absolute Gasteiger partial charge is 0.484 e. The lowest BCUT2D eigenvalue weighted by Crippen LogP contribution is -2.21. The zero-order valence-electron chi connectivity index (χ0n) is 12.4. The summed E-state index contributed by atoms with van der Waals surface area (Å²) in [6.45, 7) is -0.392. The number of ether oxygens (including phenoxy) is 1. The fourth-order valence-corrected chi connectivity index (χ4v) is 2.21. The Hall–Kier alpha value is -3.02. The Labute approximate surface area is 135 Å². The van der Waals surface area contributed by atoms with Crippen molar-refractivity contribution >= 4 is 22.4 Å². The molecule has 6 heteroatoms. The van der Waals surface area contributed by atoms with Crippen LogP contribution in [0.5, 0.6) is 5.75 Å². The highest BCUT2D eigenvalue weighted by Gasteiger charge is 2.12. The van der Waals surface area contributed by atoms with Gasteiger partial charge in [0.2, 0.25) is 0 Å². The number of hydrogen-bond acceptors (Lipinski definition) is 2. The number of nitrogens with one attached hydrogen (secondary N) is 1. The topological polar surface area (TPSA) is 38.3 Å². The molecular formula is C18H12F3NO2. The molecule has 24 heavy (non-hydrogen) atoms. The van der Waals surface area contributed by atoms with Crippen molar-refractivity contribution in [3.63, 3.8) is 0 Å². The van der Waals surface area contributed by atoms with Gasteiger partial charge < -0.3 is 10.1 Å². The van der Waals surface area contributed by atoms with E-state index in [-0.39, 0.29) is 0 Å². The van der Waals surface area contributed by atoms with Crippen LogP contribution in [0.3, 0.4) is 0 Å². The molecule has 0 atom stereocenters. The molecule has 0 unspecified atom stereocenters. The molecule has 0 bridgehead atoms. The molecule has 0 fully saturated rings. The summed E-state index contributed by atoms with van der Waals surface area (Å²) in [6, 6.07) is 13.9. The maximum Gasteiger partial charge on any atom is 0.262 e. The number of anilines is 1. The third-order valence-electron chi connectivity index (χ3n) is 3.37. The lowest BCUT2D eigenvalue weighted by Gasteiger charge is -2.09. The predicted octanol–water partition coefficient (Wildman–Crippen LogP) is 4.27. The number of hydrogen-bond donors (Lipinski definition) is 1. The zero-order chi connectivity index (χ0) is 17.1. The van der Waals surface area contributed by atoms with Crippen LogP contribution in [0.2, 0.25) is 0 Å². The van der Waals surface area contributed by atoms with Crippen molar-refractivity contribution in [1.29, 1.82) is 0 Å². The second kappa shape index (κ2) is 6.62. The molecular weight excluding hydrogens is 319 g/mol. The molecule has 0 spiro atoms. The Morgan fingerprint density at radius 3 is 2.38 bits per heavy atom. The summed E-state index contributed by atoms with van der Waals surface area (Å²) in [5.41, 5.74) is -0.444. The average molecular weight is 331 g/mol. The van der Waals surface area contributed by atoms with Gasteiger partial charge in [-0.25, -0.2) is 13.2 Å². The van der Waals surface area contributed by atoms with E-state index < -0.39 is 35.7 Å². The molecule has 1 N–H and O–H groups in total. The van der Waals surface area contributed by atoms with E-state index in [1.807, 2.05) is 30.3 Å². The third-order valence-corrected chi connectivity index (χ3v) is 3.37. The lowest BCUT2D eigenvalue weighted by atomic mass is 10.1. The van der Waals surface area contributed by atoms with Crippen LogP contribution in [-0.2, 0) is 4.79 Å². The summed E-state index contributed by atoms with van der Waals surface area (Å²) < 4.78 is 44.7. The minimum Gasteiger partial charge on any atom is -0.484 e. The highest BCUT2D eigenvalue weighted by molar-refractivity contribution is 5.92. The molecule has 0 saturated carbocycles. The smallest absolute Gasteiger partial charge is 0.262 e. The van der Waals surface area contributed by atoms with E-state index in [0.717, 1.165) is 10.8 Å². The molecule has 3 nitrogen and oxygen atoms in total. The van der Waals surface area contributed by atoms with Gasteiger partial charge in [-0.2, -0.15) is 0 Å². The molecule has 0 aliphatic heterocycles.